The summed E-state index contributed by atoms with van der Waals surface area (Å²) in [6.45, 7) is 13.0. The summed E-state index contributed by atoms with van der Waals surface area (Å²) in [7, 11) is 0. The summed E-state index contributed by atoms with van der Waals surface area (Å²) in [6.07, 6.45) is 1.19. The number of carbonyl (C=O) groups is 1. The Kier molecular flexibility index (Phi) is 7.10. The van der Waals surface area contributed by atoms with E-state index in [2.05, 4.69) is 27.0 Å². The Labute approximate surface area is 160 Å². The van der Waals surface area contributed by atoms with Crippen molar-refractivity contribution in [2.75, 3.05) is 63.9 Å². The number of aromatic nitrogens is 1. The van der Waals surface area contributed by atoms with Crippen molar-refractivity contribution >= 4 is 22.5 Å². The van der Waals surface area contributed by atoms with Gasteiger partial charge in [-0.05, 0) is 32.4 Å². The molecule has 1 aromatic rings. The first kappa shape index (κ1) is 19.4. The number of ether oxygens (including phenoxy) is 1. The summed E-state index contributed by atoms with van der Waals surface area (Å²) in [5.41, 5.74) is 0.930. The second kappa shape index (κ2) is 9.53. The highest BCUT2D eigenvalue weighted by Gasteiger charge is 2.25. The zero-order chi connectivity index (χ0) is 18.4. The van der Waals surface area contributed by atoms with E-state index in [4.69, 9.17) is 4.74 Å². The van der Waals surface area contributed by atoms with E-state index in [1.54, 1.807) is 11.3 Å². The maximum absolute atomic E-state index is 12.5. The van der Waals surface area contributed by atoms with Crippen LogP contribution >= 0.6 is 11.3 Å². The molecule has 3 heterocycles. The molecule has 0 bridgehead atoms. The van der Waals surface area contributed by atoms with Crippen LogP contribution in [0.5, 0.6) is 0 Å². The lowest BCUT2D eigenvalue weighted by Crippen LogP contribution is -2.42. The summed E-state index contributed by atoms with van der Waals surface area (Å²) < 4.78 is 5.38. The van der Waals surface area contributed by atoms with E-state index in [9.17, 15) is 4.79 Å². The highest BCUT2D eigenvalue weighted by atomic mass is 32.1. The Bertz CT molecular complexity index is 576. The third-order valence-electron chi connectivity index (χ3n) is 5.21. The SMILES string of the molecule is CCN1CC[C@@H](CN(CC)C(=O)NCc2csc(N3CCOCC3)n2)C1. The molecular formula is C18H31N5O2S. The first-order valence-electron chi connectivity index (χ1n) is 9.71. The Morgan fingerprint density at radius 1 is 1.38 bits per heavy atom. The van der Waals surface area contributed by atoms with E-state index in [0.29, 0.717) is 12.5 Å². The second-order valence-electron chi connectivity index (χ2n) is 6.97. The molecule has 8 heteroatoms. The van der Waals surface area contributed by atoms with Gasteiger partial charge in [0.15, 0.2) is 5.13 Å². The van der Waals surface area contributed by atoms with Crippen molar-refractivity contribution in [1.29, 1.82) is 0 Å². The number of hydrogen-bond acceptors (Lipinski definition) is 6. The van der Waals surface area contributed by atoms with Crippen molar-refractivity contribution in [2.45, 2.75) is 26.8 Å². The highest BCUT2D eigenvalue weighted by Crippen LogP contribution is 2.21. The summed E-state index contributed by atoms with van der Waals surface area (Å²) in [4.78, 5) is 23.8. The van der Waals surface area contributed by atoms with E-state index < -0.39 is 0 Å². The van der Waals surface area contributed by atoms with Gasteiger partial charge in [0.1, 0.15) is 0 Å². The minimum Gasteiger partial charge on any atom is -0.378 e. The molecule has 26 heavy (non-hydrogen) atoms. The smallest absolute Gasteiger partial charge is 0.317 e. The number of carbonyl (C=O) groups excluding carboxylic acids is 1. The van der Waals surface area contributed by atoms with Crippen molar-refractivity contribution in [3.8, 4) is 0 Å². The second-order valence-corrected chi connectivity index (χ2v) is 7.80. The maximum atomic E-state index is 12.5. The normalized spacial score (nSPS) is 21.2. The highest BCUT2D eigenvalue weighted by molar-refractivity contribution is 7.13. The Morgan fingerprint density at radius 2 is 2.19 bits per heavy atom. The summed E-state index contributed by atoms with van der Waals surface area (Å²) >= 11 is 1.64. The molecule has 2 saturated heterocycles. The van der Waals surface area contributed by atoms with Crippen molar-refractivity contribution < 1.29 is 9.53 Å². The van der Waals surface area contributed by atoms with E-state index in [0.717, 1.165) is 69.9 Å². The van der Waals surface area contributed by atoms with Gasteiger partial charge in [0.25, 0.3) is 0 Å². The van der Waals surface area contributed by atoms with Crippen LogP contribution in [0.25, 0.3) is 0 Å². The molecule has 146 valence electrons. The van der Waals surface area contributed by atoms with Gasteiger partial charge in [-0.3, -0.25) is 0 Å². The van der Waals surface area contributed by atoms with Crippen LogP contribution in [0.2, 0.25) is 0 Å². The number of morpholine rings is 1. The molecule has 0 unspecified atom stereocenters. The van der Waals surface area contributed by atoms with Crippen LogP contribution < -0.4 is 10.2 Å². The van der Waals surface area contributed by atoms with Gasteiger partial charge in [-0.2, -0.15) is 0 Å². The van der Waals surface area contributed by atoms with E-state index in [1.807, 2.05) is 17.2 Å². The first-order chi connectivity index (χ1) is 12.7. The largest absolute Gasteiger partial charge is 0.378 e. The summed E-state index contributed by atoms with van der Waals surface area (Å²) in [5, 5.41) is 6.10. The standard InChI is InChI=1S/C18H31N5O2S/c1-3-21-6-5-15(12-21)13-22(4-2)17(24)19-11-16-14-26-18(20-16)23-7-9-25-10-8-23/h14-15H,3-13H2,1-2H3,(H,19,24)/t15-/m1/s1. The number of nitrogens with zero attached hydrogens (tertiary/aromatic N) is 4. The number of urea groups is 1. The van der Waals surface area contributed by atoms with Crippen molar-refractivity contribution in [3.63, 3.8) is 0 Å². The van der Waals surface area contributed by atoms with Gasteiger partial charge in [-0.25, -0.2) is 9.78 Å². The molecule has 7 nitrogen and oxygen atoms in total. The molecule has 3 rings (SSSR count). The molecule has 0 saturated carbocycles. The molecule has 2 aliphatic rings. The molecule has 0 aliphatic carbocycles. The van der Waals surface area contributed by atoms with Gasteiger partial charge < -0.3 is 24.8 Å². The lowest BCUT2D eigenvalue weighted by Gasteiger charge is -2.26. The number of hydrogen-bond donors (Lipinski definition) is 1. The van der Waals surface area contributed by atoms with E-state index >= 15 is 0 Å². The van der Waals surface area contributed by atoms with Crippen molar-refractivity contribution in [2.24, 2.45) is 5.92 Å². The minimum atomic E-state index is 0.0170. The van der Waals surface area contributed by atoms with Gasteiger partial charge >= 0.3 is 6.03 Å². The van der Waals surface area contributed by atoms with E-state index in [1.165, 1.54) is 6.42 Å². The Morgan fingerprint density at radius 3 is 2.88 bits per heavy atom. The fraction of sp³-hybridized carbons (Fsp3) is 0.778. The van der Waals surface area contributed by atoms with Gasteiger partial charge in [-0.1, -0.05) is 6.92 Å². The lowest BCUT2D eigenvalue weighted by atomic mass is 10.1. The predicted octanol–water partition coefficient (Wildman–Crippen LogP) is 1.85. The summed E-state index contributed by atoms with van der Waals surface area (Å²) in [5.74, 6) is 0.591. The third kappa shape index (κ3) is 5.08. The molecule has 0 radical (unpaired) electrons. The molecule has 0 spiro atoms. The first-order valence-corrected chi connectivity index (χ1v) is 10.6. The maximum Gasteiger partial charge on any atom is 0.317 e. The average molecular weight is 382 g/mol. The van der Waals surface area contributed by atoms with E-state index in [-0.39, 0.29) is 6.03 Å². The number of nitrogens with one attached hydrogen (secondary N) is 1. The molecule has 2 amide bonds. The molecule has 1 N–H and O–H groups in total. The van der Waals surface area contributed by atoms with Crippen LogP contribution in [0.1, 0.15) is 26.0 Å². The monoisotopic (exact) mass is 381 g/mol. The van der Waals surface area contributed by atoms with Crippen LogP contribution in [-0.2, 0) is 11.3 Å². The number of rotatable bonds is 7. The van der Waals surface area contributed by atoms with Crippen LogP contribution in [0.15, 0.2) is 5.38 Å². The summed E-state index contributed by atoms with van der Waals surface area (Å²) in [6, 6.07) is 0.0170. The average Bonchev–Trinajstić information content (AvgIpc) is 3.34. The van der Waals surface area contributed by atoms with Gasteiger partial charge in [-0.15, -0.1) is 11.3 Å². The number of thiazole rings is 1. The molecule has 2 fully saturated rings. The zero-order valence-electron chi connectivity index (χ0n) is 15.9. The third-order valence-corrected chi connectivity index (χ3v) is 6.16. The molecule has 1 aromatic heterocycles. The number of amides is 2. The minimum absolute atomic E-state index is 0.0170. The van der Waals surface area contributed by atoms with Gasteiger partial charge in [0, 0.05) is 38.1 Å². The van der Waals surface area contributed by atoms with Crippen LogP contribution in [0, 0.1) is 5.92 Å². The zero-order valence-corrected chi connectivity index (χ0v) is 16.8. The molecule has 1 atom stereocenters. The lowest BCUT2D eigenvalue weighted by molar-refractivity contribution is 0.122. The van der Waals surface area contributed by atoms with Crippen LogP contribution in [0.3, 0.4) is 0 Å². The Balaban J connectivity index is 1.45. The molecule has 0 aromatic carbocycles. The predicted molar refractivity (Wildman–Crippen MR) is 105 cm³/mol. The van der Waals surface area contributed by atoms with Gasteiger partial charge in [0.05, 0.1) is 25.5 Å². The van der Waals surface area contributed by atoms with Crippen LogP contribution in [0.4, 0.5) is 9.93 Å². The van der Waals surface area contributed by atoms with Crippen molar-refractivity contribution in [3.05, 3.63) is 11.1 Å². The van der Waals surface area contributed by atoms with Gasteiger partial charge in [0.2, 0.25) is 0 Å². The number of likely N-dealkylation sites (tertiary alicyclic amines) is 1. The number of anilines is 1. The van der Waals surface area contributed by atoms with Crippen molar-refractivity contribution in [1.82, 2.24) is 20.1 Å². The quantitative estimate of drug-likeness (QED) is 0.781. The fourth-order valence-corrected chi connectivity index (χ4v) is 4.45. The van der Waals surface area contributed by atoms with Crippen LogP contribution in [-0.4, -0.2) is 79.8 Å². The molecular weight excluding hydrogens is 350 g/mol. The molecule has 2 aliphatic heterocycles. The topological polar surface area (TPSA) is 60.9 Å². The fourth-order valence-electron chi connectivity index (χ4n) is 3.57. The Hall–Kier alpha value is -1.38.